The van der Waals surface area contributed by atoms with Crippen LogP contribution >= 0.6 is 0 Å². The number of rotatable bonds is 11. The third kappa shape index (κ3) is 11.1. The van der Waals surface area contributed by atoms with Crippen molar-refractivity contribution in [3.8, 4) is 0 Å². The van der Waals surface area contributed by atoms with Crippen LogP contribution in [0, 0.1) is 17.3 Å². The van der Waals surface area contributed by atoms with Crippen LogP contribution in [-0.2, 0) is 19.1 Å². The molecule has 5 heteroatoms. The van der Waals surface area contributed by atoms with Gasteiger partial charge in [0.1, 0.15) is 12.2 Å². The van der Waals surface area contributed by atoms with Crippen molar-refractivity contribution in [3.05, 3.63) is 6.42 Å². The summed E-state index contributed by atoms with van der Waals surface area (Å²) in [7, 11) is 0. The highest BCUT2D eigenvalue weighted by atomic mass is 16.5. The molecule has 1 saturated heterocycles. The summed E-state index contributed by atoms with van der Waals surface area (Å²) in [5.41, 5.74) is 0.197. The fourth-order valence-electron chi connectivity index (χ4n) is 6.55. The molecule has 197 valence electrons. The summed E-state index contributed by atoms with van der Waals surface area (Å²) in [6, 6.07) is 0. The van der Waals surface area contributed by atoms with Gasteiger partial charge >= 0.3 is 11.9 Å². The van der Waals surface area contributed by atoms with Gasteiger partial charge in [0, 0.05) is 36.8 Å². The largest absolute Gasteiger partial charge is 0.462 e. The van der Waals surface area contributed by atoms with E-state index in [0.29, 0.717) is 12.8 Å². The summed E-state index contributed by atoms with van der Waals surface area (Å²) >= 11 is 0. The molecular weight excluding hydrogens is 426 g/mol. The van der Waals surface area contributed by atoms with E-state index < -0.39 is 0 Å². The van der Waals surface area contributed by atoms with Crippen LogP contribution in [0.5, 0.6) is 0 Å². The van der Waals surface area contributed by atoms with Crippen molar-refractivity contribution in [3.63, 3.8) is 0 Å². The molecule has 0 unspecified atom stereocenters. The first-order chi connectivity index (χ1) is 15.6. The molecule has 0 amide bonds. The number of nitrogens with one attached hydrogen (secondary N) is 1. The number of carbonyl (C=O) groups is 2. The van der Waals surface area contributed by atoms with Gasteiger partial charge in [-0.05, 0) is 70.6 Å². The lowest BCUT2D eigenvalue weighted by Gasteiger charge is -2.45. The van der Waals surface area contributed by atoms with Gasteiger partial charge in [-0.25, -0.2) is 0 Å². The van der Waals surface area contributed by atoms with Crippen molar-refractivity contribution in [1.82, 2.24) is 5.32 Å². The van der Waals surface area contributed by atoms with E-state index >= 15 is 0 Å². The number of unbranched alkanes of at least 4 members (excludes halogenated alkanes) is 5. The molecule has 0 aromatic rings. The highest BCUT2D eigenvalue weighted by Gasteiger charge is 2.40. The van der Waals surface area contributed by atoms with Gasteiger partial charge in [0.2, 0.25) is 0 Å². The van der Waals surface area contributed by atoms with E-state index in [9.17, 15) is 9.59 Å². The molecule has 0 aromatic carbocycles. The Morgan fingerprint density at radius 2 is 1.00 bits per heavy atom. The molecule has 0 bridgehead atoms. The highest BCUT2D eigenvalue weighted by Crippen LogP contribution is 2.45. The van der Waals surface area contributed by atoms with E-state index in [4.69, 9.17) is 9.47 Å². The average molecular weight is 479 g/mol. The topological polar surface area (TPSA) is 64.6 Å². The van der Waals surface area contributed by atoms with Crippen LogP contribution in [0.15, 0.2) is 0 Å². The minimum atomic E-state index is -0.0621. The lowest BCUT2D eigenvalue weighted by atomic mass is 9.64. The monoisotopic (exact) mass is 478 g/mol. The van der Waals surface area contributed by atoms with Crippen molar-refractivity contribution in [1.29, 1.82) is 0 Å². The van der Waals surface area contributed by atoms with Crippen LogP contribution in [-0.4, -0.2) is 35.2 Å². The Balaban J connectivity index is 1.51. The van der Waals surface area contributed by atoms with Crippen molar-refractivity contribution in [2.75, 3.05) is 0 Å². The van der Waals surface area contributed by atoms with Crippen LogP contribution < -0.4 is 5.32 Å². The maximum Gasteiger partial charge on any atom is 0.306 e. The molecule has 0 aromatic heterocycles. The van der Waals surface area contributed by atoms with Gasteiger partial charge in [-0.15, -0.1) is 0 Å². The van der Waals surface area contributed by atoms with E-state index in [1.54, 1.807) is 0 Å². The summed E-state index contributed by atoms with van der Waals surface area (Å²) in [6.07, 6.45) is 13.0. The summed E-state index contributed by atoms with van der Waals surface area (Å²) in [6.45, 7) is 17.6. The van der Waals surface area contributed by atoms with E-state index in [2.05, 4.69) is 67.1 Å². The van der Waals surface area contributed by atoms with Gasteiger partial charge in [-0.3, -0.25) is 9.59 Å². The Morgan fingerprint density at radius 1 is 0.647 bits per heavy atom. The van der Waals surface area contributed by atoms with Crippen molar-refractivity contribution in [2.45, 2.75) is 156 Å². The van der Waals surface area contributed by atoms with Gasteiger partial charge in [0.05, 0.1) is 0 Å². The molecule has 0 spiro atoms. The zero-order valence-corrected chi connectivity index (χ0v) is 23.4. The van der Waals surface area contributed by atoms with Crippen LogP contribution in [0.1, 0.15) is 132 Å². The van der Waals surface area contributed by atoms with Crippen molar-refractivity contribution < 1.29 is 19.1 Å². The molecule has 0 atom stereocenters. The maximum atomic E-state index is 12.3. The Kier molecular flexibility index (Phi) is 10.1. The minimum Gasteiger partial charge on any atom is -0.462 e. The predicted octanol–water partition coefficient (Wildman–Crippen LogP) is 6.92. The second-order valence-corrected chi connectivity index (χ2v) is 13.7. The van der Waals surface area contributed by atoms with Gasteiger partial charge in [-0.1, -0.05) is 53.4 Å². The number of ether oxygens (including phenoxy) is 2. The first kappa shape index (κ1) is 29.1. The Hall–Kier alpha value is -1.10. The SMILES string of the molecule is CC1(C)[CH]C(C)(C)CC(OC(=O)CCCCCCCCC(=O)OC2CC(C)(C)NC(C)(C)C2)C1. The predicted molar refractivity (Wildman–Crippen MR) is 138 cm³/mol. The van der Waals surface area contributed by atoms with Crippen molar-refractivity contribution >= 4 is 11.9 Å². The van der Waals surface area contributed by atoms with Gasteiger partial charge in [0.25, 0.3) is 0 Å². The molecule has 1 radical (unpaired) electrons. The fourth-order valence-corrected chi connectivity index (χ4v) is 6.55. The molecule has 2 fully saturated rings. The summed E-state index contributed by atoms with van der Waals surface area (Å²) in [5, 5.41) is 3.62. The van der Waals surface area contributed by atoms with Crippen LogP contribution in [0.25, 0.3) is 0 Å². The van der Waals surface area contributed by atoms with E-state index in [0.717, 1.165) is 64.2 Å². The molecule has 2 aliphatic rings. The summed E-state index contributed by atoms with van der Waals surface area (Å²) in [5.74, 6) is -0.113. The van der Waals surface area contributed by atoms with Crippen LogP contribution in [0.2, 0.25) is 0 Å². The van der Waals surface area contributed by atoms with E-state index in [-0.39, 0.29) is 46.1 Å². The van der Waals surface area contributed by atoms with Gasteiger partial charge in [-0.2, -0.15) is 0 Å². The first-order valence-corrected chi connectivity index (χ1v) is 13.6. The third-order valence-electron chi connectivity index (χ3n) is 7.05. The molecule has 1 saturated carbocycles. The van der Waals surface area contributed by atoms with Crippen LogP contribution in [0.3, 0.4) is 0 Å². The lowest BCUT2D eigenvalue weighted by Crippen LogP contribution is -2.59. The molecule has 1 aliphatic heterocycles. The molecule has 1 N–H and O–H groups in total. The van der Waals surface area contributed by atoms with E-state index in [1.165, 1.54) is 0 Å². The number of esters is 2. The minimum absolute atomic E-state index is 0.00221. The average Bonchev–Trinajstić information content (AvgIpc) is 2.58. The molecular formula is C29H52NO4. The molecule has 1 aliphatic carbocycles. The molecule has 5 nitrogen and oxygen atoms in total. The fraction of sp³-hybridized carbons (Fsp3) is 0.897. The Labute approximate surface area is 209 Å². The summed E-state index contributed by atoms with van der Waals surface area (Å²) < 4.78 is 11.6. The number of hydrogen-bond acceptors (Lipinski definition) is 5. The standard InChI is InChI=1S/C29H52NO4/c1-26(2)17-22(18-27(3,4)21-26)33-24(31)15-13-11-9-10-12-14-16-25(32)34-23-19-28(5,6)30-29(7,8)20-23/h21-23,30H,9-20H2,1-8H3. The first-order valence-electron chi connectivity index (χ1n) is 13.6. The highest BCUT2D eigenvalue weighted by molar-refractivity contribution is 5.69. The van der Waals surface area contributed by atoms with E-state index in [1.807, 2.05) is 0 Å². The number of carbonyl (C=O) groups excluding carboxylic acids is 2. The Morgan fingerprint density at radius 3 is 1.41 bits per heavy atom. The smallest absolute Gasteiger partial charge is 0.306 e. The van der Waals surface area contributed by atoms with Gasteiger partial charge < -0.3 is 14.8 Å². The van der Waals surface area contributed by atoms with Crippen LogP contribution in [0.4, 0.5) is 0 Å². The zero-order chi connectivity index (χ0) is 25.6. The number of hydrogen-bond donors (Lipinski definition) is 1. The number of piperidine rings is 1. The third-order valence-corrected chi connectivity index (χ3v) is 7.05. The maximum absolute atomic E-state index is 12.3. The second kappa shape index (κ2) is 11.8. The summed E-state index contributed by atoms with van der Waals surface area (Å²) in [4.78, 5) is 24.6. The molecule has 1 heterocycles. The normalized spacial score (nSPS) is 23.9. The van der Waals surface area contributed by atoms with Gasteiger partial charge in [0.15, 0.2) is 0 Å². The van der Waals surface area contributed by atoms with Crippen molar-refractivity contribution in [2.24, 2.45) is 10.8 Å². The quantitative estimate of drug-likeness (QED) is 0.258. The molecule has 34 heavy (non-hydrogen) atoms. The molecule has 2 rings (SSSR count). The lowest BCUT2D eigenvalue weighted by molar-refractivity contribution is -0.154. The zero-order valence-electron chi connectivity index (χ0n) is 23.4. The Bertz CT molecular complexity index is 590. The second-order valence-electron chi connectivity index (χ2n) is 13.7.